The summed E-state index contributed by atoms with van der Waals surface area (Å²) in [6.07, 6.45) is 6.78. The summed E-state index contributed by atoms with van der Waals surface area (Å²) in [7, 11) is 0. The third-order valence-electron chi connectivity index (χ3n) is 3.12. The number of rotatable bonds is 5. The maximum Gasteiger partial charge on any atom is 0.0335 e. The molecule has 0 radical (unpaired) electrons. The normalized spacial score (nSPS) is 12.3. The van der Waals surface area contributed by atoms with Gasteiger partial charge in [-0.15, -0.1) is 0 Å². The Morgan fingerprint density at radius 2 is 1.89 bits per heavy atom. The lowest BCUT2D eigenvalue weighted by Gasteiger charge is -2.13. The van der Waals surface area contributed by atoms with Crippen LogP contribution in [0.5, 0.6) is 0 Å². The van der Waals surface area contributed by atoms with Gasteiger partial charge in [-0.2, -0.15) is 0 Å². The molecule has 18 heavy (non-hydrogen) atoms. The van der Waals surface area contributed by atoms with Gasteiger partial charge in [0.05, 0.1) is 0 Å². The SMILES string of the molecule is CCCc1cccc(C(N)Cc2ccncc2)c1. The van der Waals surface area contributed by atoms with Crippen LogP contribution in [0.25, 0.3) is 0 Å². The minimum atomic E-state index is 0.0595. The highest BCUT2D eigenvalue weighted by Gasteiger charge is 2.07. The van der Waals surface area contributed by atoms with Crippen LogP contribution in [0.4, 0.5) is 0 Å². The minimum Gasteiger partial charge on any atom is -0.324 e. The Balaban J connectivity index is 2.08. The second-order valence-corrected chi connectivity index (χ2v) is 4.66. The number of benzene rings is 1. The molecule has 0 spiro atoms. The van der Waals surface area contributed by atoms with Crippen LogP contribution in [-0.2, 0) is 12.8 Å². The van der Waals surface area contributed by atoms with Crippen molar-refractivity contribution >= 4 is 0 Å². The molecule has 2 heteroatoms. The van der Waals surface area contributed by atoms with Crippen molar-refractivity contribution in [3.05, 3.63) is 65.5 Å². The number of pyridine rings is 1. The zero-order valence-electron chi connectivity index (χ0n) is 10.8. The van der Waals surface area contributed by atoms with E-state index in [0.29, 0.717) is 0 Å². The molecule has 1 aromatic heterocycles. The van der Waals surface area contributed by atoms with Crippen molar-refractivity contribution < 1.29 is 0 Å². The minimum absolute atomic E-state index is 0.0595. The van der Waals surface area contributed by atoms with Crippen LogP contribution in [0, 0.1) is 0 Å². The maximum atomic E-state index is 6.27. The van der Waals surface area contributed by atoms with Crippen LogP contribution in [0.15, 0.2) is 48.8 Å². The zero-order chi connectivity index (χ0) is 12.8. The van der Waals surface area contributed by atoms with E-state index >= 15 is 0 Å². The fourth-order valence-electron chi connectivity index (χ4n) is 2.16. The molecule has 1 atom stereocenters. The highest BCUT2D eigenvalue weighted by molar-refractivity contribution is 5.27. The lowest BCUT2D eigenvalue weighted by Crippen LogP contribution is -2.13. The van der Waals surface area contributed by atoms with Crippen molar-refractivity contribution in [1.82, 2.24) is 4.98 Å². The summed E-state index contributed by atoms with van der Waals surface area (Å²) in [5.41, 5.74) is 10.1. The van der Waals surface area contributed by atoms with Crippen molar-refractivity contribution in [2.45, 2.75) is 32.2 Å². The topological polar surface area (TPSA) is 38.9 Å². The largest absolute Gasteiger partial charge is 0.324 e. The van der Waals surface area contributed by atoms with E-state index in [1.807, 2.05) is 24.5 Å². The number of aryl methyl sites for hydroxylation is 1. The molecule has 1 heterocycles. The zero-order valence-corrected chi connectivity index (χ0v) is 10.8. The molecule has 2 rings (SSSR count). The van der Waals surface area contributed by atoms with Gasteiger partial charge in [0.2, 0.25) is 0 Å². The predicted molar refractivity (Wildman–Crippen MR) is 75.3 cm³/mol. The summed E-state index contributed by atoms with van der Waals surface area (Å²) in [6, 6.07) is 12.7. The van der Waals surface area contributed by atoms with Crippen molar-refractivity contribution in [1.29, 1.82) is 0 Å². The van der Waals surface area contributed by atoms with Gasteiger partial charge >= 0.3 is 0 Å². The van der Waals surface area contributed by atoms with Gasteiger partial charge in [-0.3, -0.25) is 4.98 Å². The van der Waals surface area contributed by atoms with Crippen LogP contribution in [0.3, 0.4) is 0 Å². The molecule has 2 N–H and O–H groups in total. The van der Waals surface area contributed by atoms with Crippen LogP contribution in [-0.4, -0.2) is 4.98 Å². The first-order valence-corrected chi connectivity index (χ1v) is 6.53. The van der Waals surface area contributed by atoms with Gasteiger partial charge < -0.3 is 5.73 Å². The van der Waals surface area contributed by atoms with Crippen LogP contribution in [0.2, 0.25) is 0 Å². The van der Waals surface area contributed by atoms with Crippen molar-refractivity contribution in [2.75, 3.05) is 0 Å². The van der Waals surface area contributed by atoms with Crippen LogP contribution in [0.1, 0.15) is 36.1 Å². The molecule has 0 aliphatic carbocycles. The van der Waals surface area contributed by atoms with E-state index in [4.69, 9.17) is 5.73 Å². The molecule has 0 amide bonds. The van der Waals surface area contributed by atoms with Gasteiger partial charge in [0.15, 0.2) is 0 Å². The van der Waals surface area contributed by atoms with Gasteiger partial charge in [-0.25, -0.2) is 0 Å². The predicted octanol–water partition coefficient (Wildman–Crippen LogP) is 3.28. The second-order valence-electron chi connectivity index (χ2n) is 4.66. The fourth-order valence-corrected chi connectivity index (χ4v) is 2.16. The van der Waals surface area contributed by atoms with Gasteiger partial charge in [-0.05, 0) is 41.7 Å². The van der Waals surface area contributed by atoms with E-state index < -0.39 is 0 Å². The van der Waals surface area contributed by atoms with Crippen molar-refractivity contribution in [2.24, 2.45) is 5.73 Å². The second kappa shape index (κ2) is 6.31. The summed E-state index contributed by atoms with van der Waals surface area (Å²) < 4.78 is 0. The summed E-state index contributed by atoms with van der Waals surface area (Å²) in [5, 5.41) is 0. The molecule has 0 fully saturated rings. The van der Waals surface area contributed by atoms with Crippen molar-refractivity contribution in [3.8, 4) is 0 Å². The molecule has 94 valence electrons. The Bertz CT molecular complexity index is 479. The van der Waals surface area contributed by atoms with Gasteiger partial charge in [0, 0.05) is 18.4 Å². The standard InChI is InChI=1S/C16H20N2/c1-2-4-13-5-3-6-15(11-13)16(17)12-14-7-9-18-10-8-14/h3,5-11,16H,2,4,12,17H2,1H3. The molecule has 2 nitrogen and oxygen atoms in total. The Kier molecular flexibility index (Phi) is 4.48. The number of nitrogens with zero attached hydrogens (tertiary/aromatic N) is 1. The van der Waals surface area contributed by atoms with E-state index in [2.05, 4.69) is 36.2 Å². The van der Waals surface area contributed by atoms with E-state index in [0.717, 1.165) is 12.8 Å². The number of nitrogens with two attached hydrogens (primary N) is 1. The van der Waals surface area contributed by atoms with Crippen LogP contribution < -0.4 is 5.73 Å². The third-order valence-corrected chi connectivity index (χ3v) is 3.12. The van der Waals surface area contributed by atoms with Gasteiger partial charge in [-0.1, -0.05) is 37.6 Å². The molecule has 2 aromatic rings. The monoisotopic (exact) mass is 240 g/mol. The smallest absolute Gasteiger partial charge is 0.0335 e. The Hall–Kier alpha value is -1.67. The fraction of sp³-hybridized carbons (Fsp3) is 0.312. The Labute approximate surface area is 109 Å². The van der Waals surface area contributed by atoms with E-state index in [9.17, 15) is 0 Å². The van der Waals surface area contributed by atoms with E-state index in [-0.39, 0.29) is 6.04 Å². The maximum absolute atomic E-state index is 6.27. The number of hydrogen-bond donors (Lipinski definition) is 1. The lowest BCUT2D eigenvalue weighted by atomic mass is 9.97. The Morgan fingerprint density at radius 3 is 2.61 bits per heavy atom. The molecular weight excluding hydrogens is 220 g/mol. The van der Waals surface area contributed by atoms with Gasteiger partial charge in [0.1, 0.15) is 0 Å². The summed E-state index contributed by atoms with van der Waals surface area (Å²) in [5.74, 6) is 0. The molecule has 1 aromatic carbocycles. The van der Waals surface area contributed by atoms with Gasteiger partial charge in [0.25, 0.3) is 0 Å². The molecule has 0 aliphatic rings. The molecule has 0 bridgehead atoms. The van der Waals surface area contributed by atoms with E-state index in [1.165, 1.54) is 23.1 Å². The molecule has 0 aliphatic heterocycles. The first-order chi connectivity index (χ1) is 8.79. The lowest BCUT2D eigenvalue weighted by molar-refractivity contribution is 0.719. The Morgan fingerprint density at radius 1 is 1.11 bits per heavy atom. The van der Waals surface area contributed by atoms with Crippen LogP contribution >= 0.6 is 0 Å². The average Bonchev–Trinajstić information content (AvgIpc) is 2.40. The quantitative estimate of drug-likeness (QED) is 0.871. The summed E-state index contributed by atoms with van der Waals surface area (Å²) in [4.78, 5) is 4.02. The molecule has 0 saturated carbocycles. The number of aromatic nitrogens is 1. The first kappa shape index (κ1) is 12.8. The molecular formula is C16H20N2. The summed E-state index contributed by atoms with van der Waals surface area (Å²) >= 11 is 0. The average molecular weight is 240 g/mol. The van der Waals surface area contributed by atoms with Crippen molar-refractivity contribution in [3.63, 3.8) is 0 Å². The van der Waals surface area contributed by atoms with E-state index in [1.54, 1.807) is 0 Å². The highest BCUT2D eigenvalue weighted by atomic mass is 14.6. The molecule has 0 saturated heterocycles. The molecule has 1 unspecified atom stereocenters. The highest BCUT2D eigenvalue weighted by Crippen LogP contribution is 2.17. The third kappa shape index (κ3) is 3.41. The number of hydrogen-bond acceptors (Lipinski definition) is 2. The first-order valence-electron chi connectivity index (χ1n) is 6.53. The summed E-state index contributed by atoms with van der Waals surface area (Å²) in [6.45, 7) is 2.20.